The van der Waals surface area contributed by atoms with E-state index in [1.165, 1.54) is 30.0 Å². The van der Waals surface area contributed by atoms with E-state index < -0.39 is 14.1 Å². The number of nitrogens with zero attached hydrogens (tertiary/aromatic N) is 5. The van der Waals surface area contributed by atoms with E-state index in [1.54, 1.807) is 24.4 Å². The lowest BCUT2D eigenvalue weighted by atomic mass is 10.1. The lowest BCUT2D eigenvalue weighted by molar-refractivity contribution is -0.116. The maximum atomic E-state index is 14.7. The quantitative estimate of drug-likeness (QED) is 0.100. The van der Waals surface area contributed by atoms with Crippen molar-refractivity contribution in [2.45, 2.75) is 50.4 Å². The Balaban J connectivity index is 1.40. The van der Waals surface area contributed by atoms with Crippen molar-refractivity contribution in [3.8, 4) is 11.3 Å². The molecule has 2 aromatic heterocycles. The van der Waals surface area contributed by atoms with Crippen LogP contribution in [-0.4, -0.2) is 105 Å². The highest BCUT2D eigenvalue weighted by Crippen LogP contribution is 2.36. The number of amides is 1. The van der Waals surface area contributed by atoms with E-state index in [9.17, 15) is 9.18 Å². The Morgan fingerprint density at radius 2 is 1.83 bits per heavy atom. The molecule has 10 nitrogen and oxygen atoms in total. The highest BCUT2D eigenvalue weighted by atomic mass is 35.5. The van der Waals surface area contributed by atoms with Gasteiger partial charge in [-0.2, -0.15) is 0 Å². The number of likely N-dealkylation sites (N-methyl/N-ethyl adjacent to an activating group) is 1. The summed E-state index contributed by atoms with van der Waals surface area (Å²) in [5.41, 5.74) is 1.89. The number of nitrogens with one attached hydrogen (secondary N) is 2. The minimum absolute atomic E-state index is 0.0937. The van der Waals surface area contributed by atoms with Crippen LogP contribution in [0.15, 0.2) is 47.6 Å². The Bertz CT molecular complexity index is 1490. The SMILES string of the molecule is CN1CCN(CCC(=O)Nc2cc(Nc3cc(-c4cc(Cl)ccc4F)nnc3SCCOCCO[Si](C)(C)C(C)(C)C)ccn2)CC1. The van der Waals surface area contributed by atoms with E-state index >= 15 is 0 Å². The van der Waals surface area contributed by atoms with E-state index in [1.807, 2.05) is 0 Å². The van der Waals surface area contributed by atoms with Crippen LogP contribution >= 0.6 is 23.4 Å². The fourth-order valence-electron chi connectivity index (χ4n) is 4.54. The number of halogens is 2. The third-order valence-corrected chi connectivity index (χ3v) is 14.2. The summed E-state index contributed by atoms with van der Waals surface area (Å²) >= 11 is 7.64. The summed E-state index contributed by atoms with van der Waals surface area (Å²) in [6.45, 7) is 17.3. The molecule has 1 fully saturated rings. The maximum absolute atomic E-state index is 14.7. The number of pyridine rings is 1. The van der Waals surface area contributed by atoms with Gasteiger partial charge in [0, 0.05) is 73.4 Å². The van der Waals surface area contributed by atoms with Crippen LogP contribution in [0.4, 0.5) is 21.6 Å². The molecule has 1 aromatic carbocycles. The van der Waals surface area contributed by atoms with Gasteiger partial charge in [-0.05, 0) is 55.5 Å². The largest absolute Gasteiger partial charge is 0.414 e. The molecule has 1 saturated heterocycles. The zero-order valence-corrected chi connectivity index (χ0v) is 30.8. The zero-order chi connectivity index (χ0) is 34.0. The average Bonchev–Trinajstić information content (AvgIpc) is 3.01. The molecule has 3 heterocycles. The highest BCUT2D eigenvalue weighted by Gasteiger charge is 2.36. The number of aromatic nitrogens is 3. The highest BCUT2D eigenvalue weighted by molar-refractivity contribution is 7.99. The number of benzene rings is 1. The fourth-order valence-corrected chi connectivity index (χ4v) is 6.50. The second-order valence-corrected chi connectivity index (χ2v) is 19.5. The normalized spacial score (nSPS) is 14.7. The van der Waals surface area contributed by atoms with Gasteiger partial charge in [-0.25, -0.2) is 9.37 Å². The molecular weight excluding hydrogens is 657 g/mol. The number of thioether (sulfide) groups is 1. The fraction of sp³-hybridized carbons (Fsp3) is 0.515. The van der Waals surface area contributed by atoms with Crippen LogP contribution in [0, 0.1) is 5.82 Å². The van der Waals surface area contributed by atoms with Crippen molar-refractivity contribution in [2.75, 3.05) is 76.0 Å². The summed E-state index contributed by atoms with van der Waals surface area (Å²) in [4.78, 5) is 21.6. The topological polar surface area (TPSA) is 105 Å². The standard InChI is InChI=1S/C33H47ClFN7O3SSi/c1-33(2,3)47(5,6)45-18-17-44-19-20-46-32-29(23-28(39-40-32)26-21-24(34)7-8-27(26)35)37-25-9-11-36-30(22-25)38-31(43)10-12-42-15-13-41(4)14-16-42/h7-9,11,21-23H,10,12-20H2,1-6H3,(H2,36,37,38,39,43). The first-order chi connectivity index (χ1) is 22.3. The first-order valence-corrected chi connectivity index (χ1v) is 20.2. The molecular formula is C33H47ClFN7O3SSi. The predicted molar refractivity (Wildman–Crippen MR) is 192 cm³/mol. The van der Waals surface area contributed by atoms with Crippen molar-refractivity contribution in [1.29, 1.82) is 0 Å². The molecule has 0 spiro atoms. The molecule has 1 amide bonds. The minimum Gasteiger partial charge on any atom is -0.414 e. The Morgan fingerprint density at radius 1 is 1.06 bits per heavy atom. The van der Waals surface area contributed by atoms with Gasteiger partial charge >= 0.3 is 0 Å². The third-order valence-electron chi connectivity index (χ3n) is 8.49. The molecule has 256 valence electrons. The number of piperazine rings is 1. The van der Waals surface area contributed by atoms with Crippen LogP contribution in [0.3, 0.4) is 0 Å². The van der Waals surface area contributed by atoms with Crippen molar-refractivity contribution in [2.24, 2.45) is 0 Å². The first kappa shape index (κ1) is 37.2. The van der Waals surface area contributed by atoms with Crippen LogP contribution in [0.5, 0.6) is 0 Å². The summed E-state index contributed by atoms with van der Waals surface area (Å²) < 4.78 is 26.8. The lowest BCUT2D eigenvalue weighted by Gasteiger charge is -2.36. The van der Waals surface area contributed by atoms with E-state index in [-0.39, 0.29) is 16.5 Å². The van der Waals surface area contributed by atoms with E-state index in [2.05, 4.69) is 76.5 Å². The van der Waals surface area contributed by atoms with Crippen molar-refractivity contribution in [1.82, 2.24) is 25.0 Å². The molecule has 14 heteroatoms. The van der Waals surface area contributed by atoms with Gasteiger partial charge in [0.05, 0.1) is 31.2 Å². The lowest BCUT2D eigenvalue weighted by Crippen LogP contribution is -2.45. The molecule has 1 aliphatic heterocycles. The Morgan fingerprint density at radius 3 is 2.57 bits per heavy atom. The second kappa shape index (κ2) is 17.1. The van der Waals surface area contributed by atoms with E-state index in [0.29, 0.717) is 71.5 Å². The summed E-state index contributed by atoms with van der Waals surface area (Å²) in [7, 11) is 0.294. The molecule has 0 unspecified atom stereocenters. The van der Waals surface area contributed by atoms with Gasteiger partial charge in [0.2, 0.25) is 5.91 Å². The van der Waals surface area contributed by atoms with Gasteiger partial charge in [-0.1, -0.05) is 32.4 Å². The number of hydrogen-bond donors (Lipinski definition) is 2. The van der Waals surface area contributed by atoms with Gasteiger partial charge in [-0.15, -0.1) is 22.0 Å². The molecule has 2 N–H and O–H groups in total. The monoisotopic (exact) mass is 703 g/mol. The van der Waals surface area contributed by atoms with Gasteiger partial charge in [0.15, 0.2) is 8.32 Å². The third kappa shape index (κ3) is 11.5. The minimum atomic E-state index is -1.82. The summed E-state index contributed by atoms with van der Waals surface area (Å²) in [5, 5.41) is 16.2. The summed E-state index contributed by atoms with van der Waals surface area (Å²) in [5.74, 6) is 0.515. The van der Waals surface area contributed by atoms with Crippen LogP contribution in [0.1, 0.15) is 27.2 Å². The number of ether oxygens (including phenoxy) is 1. The number of carbonyl (C=O) groups excluding carboxylic acids is 1. The Hall–Kier alpha value is -2.65. The molecule has 0 bridgehead atoms. The average molecular weight is 704 g/mol. The molecule has 3 aromatic rings. The molecule has 0 atom stereocenters. The van der Waals surface area contributed by atoms with E-state index in [4.69, 9.17) is 20.8 Å². The van der Waals surface area contributed by atoms with E-state index in [0.717, 1.165) is 26.2 Å². The Kier molecular flexibility index (Phi) is 13.6. The van der Waals surface area contributed by atoms with Crippen LogP contribution in [0.25, 0.3) is 11.3 Å². The second-order valence-electron chi connectivity index (χ2n) is 13.1. The predicted octanol–water partition coefficient (Wildman–Crippen LogP) is 6.78. The van der Waals surface area contributed by atoms with Crippen molar-refractivity contribution in [3.05, 3.63) is 53.4 Å². The Labute approximate surface area is 288 Å². The molecule has 47 heavy (non-hydrogen) atoms. The number of hydrogen-bond acceptors (Lipinski definition) is 10. The smallest absolute Gasteiger partial charge is 0.226 e. The van der Waals surface area contributed by atoms with Crippen molar-refractivity contribution in [3.63, 3.8) is 0 Å². The molecule has 4 rings (SSSR count). The number of rotatable bonds is 15. The molecule has 1 aliphatic rings. The van der Waals surface area contributed by atoms with Gasteiger partial charge in [0.1, 0.15) is 16.7 Å². The first-order valence-electron chi connectivity index (χ1n) is 15.9. The van der Waals surface area contributed by atoms with Gasteiger partial charge in [-0.3, -0.25) is 4.79 Å². The molecule has 0 saturated carbocycles. The zero-order valence-electron chi connectivity index (χ0n) is 28.2. The molecule has 0 aliphatic carbocycles. The maximum Gasteiger partial charge on any atom is 0.226 e. The van der Waals surface area contributed by atoms with Crippen LogP contribution in [-0.2, 0) is 14.0 Å². The number of carbonyl (C=O) groups is 1. The van der Waals surface area contributed by atoms with Gasteiger partial charge in [0.25, 0.3) is 0 Å². The van der Waals surface area contributed by atoms with Crippen molar-refractivity contribution >= 4 is 54.8 Å². The van der Waals surface area contributed by atoms with Crippen molar-refractivity contribution < 1.29 is 18.3 Å². The number of anilines is 3. The summed E-state index contributed by atoms with van der Waals surface area (Å²) in [6.07, 6.45) is 2.01. The summed E-state index contributed by atoms with van der Waals surface area (Å²) in [6, 6.07) is 9.62. The molecule has 0 radical (unpaired) electrons. The van der Waals surface area contributed by atoms with Crippen LogP contribution in [0.2, 0.25) is 23.2 Å². The van der Waals surface area contributed by atoms with Crippen LogP contribution < -0.4 is 10.6 Å². The van der Waals surface area contributed by atoms with Gasteiger partial charge < -0.3 is 29.6 Å².